The predicted octanol–water partition coefficient (Wildman–Crippen LogP) is 4.56. The third kappa shape index (κ3) is 6.13. The van der Waals surface area contributed by atoms with E-state index in [4.69, 9.17) is 9.47 Å². The Kier molecular flexibility index (Phi) is 7.49. The summed E-state index contributed by atoms with van der Waals surface area (Å²) in [6.07, 6.45) is 2.63. The Morgan fingerprint density at radius 2 is 2.00 bits per heavy atom. The molecular formula is C28H27FN6O4. The number of ether oxygens (including phenoxy) is 2. The fourth-order valence-corrected chi connectivity index (χ4v) is 3.99. The highest BCUT2D eigenvalue weighted by Crippen LogP contribution is 2.31. The molecule has 0 fully saturated rings. The van der Waals surface area contributed by atoms with Crippen molar-refractivity contribution in [3.63, 3.8) is 0 Å². The second-order valence-electron chi connectivity index (χ2n) is 9.73. The fourth-order valence-electron chi connectivity index (χ4n) is 3.99. The van der Waals surface area contributed by atoms with Crippen LogP contribution in [-0.4, -0.2) is 38.8 Å². The van der Waals surface area contributed by atoms with Gasteiger partial charge < -0.3 is 14.8 Å². The average molecular weight is 531 g/mol. The molecule has 4 aromatic rings. The number of benzene rings is 2. The van der Waals surface area contributed by atoms with Crippen LogP contribution in [0.25, 0.3) is 33.5 Å². The molecule has 4 rings (SSSR count). The van der Waals surface area contributed by atoms with E-state index in [0.717, 1.165) is 0 Å². The van der Waals surface area contributed by atoms with E-state index in [-0.39, 0.29) is 23.4 Å². The maximum Gasteiger partial charge on any atom is 0.407 e. The third-order valence-corrected chi connectivity index (χ3v) is 5.78. The fraction of sp³-hybridized carbons (Fsp3) is 0.250. The molecule has 0 aliphatic rings. The van der Waals surface area contributed by atoms with Crippen molar-refractivity contribution in [3.8, 4) is 22.9 Å². The number of rotatable bonds is 6. The lowest BCUT2D eigenvalue weighted by Gasteiger charge is -2.19. The number of nitrogens with one attached hydrogen (secondary N) is 2. The number of hydrogen-bond donors (Lipinski definition) is 2. The van der Waals surface area contributed by atoms with E-state index < -0.39 is 17.5 Å². The molecule has 1 amide bonds. The van der Waals surface area contributed by atoms with Gasteiger partial charge in [-0.3, -0.25) is 9.48 Å². The van der Waals surface area contributed by atoms with Gasteiger partial charge in [-0.1, -0.05) is 6.07 Å². The summed E-state index contributed by atoms with van der Waals surface area (Å²) >= 11 is 0. The summed E-state index contributed by atoms with van der Waals surface area (Å²) in [5.41, 5.74) is 1.90. The Balaban J connectivity index is 1.76. The van der Waals surface area contributed by atoms with Crippen LogP contribution in [0.5, 0.6) is 5.75 Å². The summed E-state index contributed by atoms with van der Waals surface area (Å²) in [7, 11) is 3.14. The Morgan fingerprint density at radius 3 is 2.69 bits per heavy atom. The number of H-pyrrole nitrogens is 1. The first kappa shape index (κ1) is 27.1. The minimum atomic E-state index is -0.666. The van der Waals surface area contributed by atoms with Crippen molar-refractivity contribution in [2.45, 2.75) is 32.9 Å². The lowest BCUT2D eigenvalue weighted by atomic mass is 9.99. The van der Waals surface area contributed by atoms with Gasteiger partial charge in [-0.25, -0.2) is 14.3 Å². The summed E-state index contributed by atoms with van der Waals surface area (Å²) in [6.45, 7) is 5.30. The number of aromatic nitrogens is 4. The first-order valence-corrected chi connectivity index (χ1v) is 12.0. The number of nitrogens with zero attached hydrogens (tertiary/aromatic N) is 4. The first-order valence-electron chi connectivity index (χ1n) is 12.0. The molecule has 0 aliphatic carbocycles. The Hall–Kier alpha value is -4.98. The van der Waals surface area contributed by atoms with E-state index in [1.165, 1.54) is 19.2 Å². The number of carbonyl (C=O) groups is 1. The van der Waals surface area contributed by atoms with E-state index >= 15 is 0 Å². The topological polar surface area (TPSA) is 135 Å². The number of methoxy groups -OCH3 is 1. The summed E-state index contributed by atoms with van der Waals surface area (Å²) in [6, 6.07) is 11.4. The van der Waals surface area contributed by atoms with Crippen molar-refractivity contribution in [1.29, 1.82) is 5.26 Å². The van der Waals surface area contributed by atoms with Crippen molar-refractivity contribution < 1.29 is 18.7 Å². The number of fused-ring (bicyclic) bond motifs is 1. The summed E-state index contributed by atoms with van der Waals surface area (Å²) in [4.78, 5) is 24.6. The van der Waals surface area contributed by atoms with Crippen LogP contribution in [0.2, 0.25) is 0 Å². The zero-order valence-electron chi connectivity index (χ0n) is 22.1. The molecule has 0 saturated carbocycles. The summed E-state index contributed by atoms with van der Waals surface area (Å²) < 4.78 is 26.1. The smallest absolute Gasteiger partial charge is 0.407 e. The van der Waals surface area contributed by atoms with Gasteiger partial charge >= 0.3 is 6.09 Å². The largest absolute Gasteiger partial charge is 0.497 e. The standard InChI is InChI=1S/C28H27FN6O4/c1-28(2,3)39-27(37)31-15-24-22-10-16(6-7-21(22)26(36)34-33-24)23-14-32-35(4)25(23)11-18(13-30)17-8-19(29)12-20(9-17)38-5/h6-12,14H,15H2,1-5H3,(H,31,37)(H,34,36)/b18-11+. The van der Waals surface area contributed by atoms with Gasteiger partial charge in [0.25, 0.3) is 5.56 Å². The monoisotopic (exact) mass is 530 g/mol. The molecule has 0 atom stereocenters. The predicted molar refractivity (Wildman–Crippen MR) is 144 cm³/mol. The zero-order chi connectivity index (χ0) is 28.3. The van der Waals surface area contributed by atoms with Gasteiger partial charge in [-0.2, -0.15) is 15.5 Å². The van der Waals surface area contributed by atoms with Gasteiger partial charge in [0, 0.05) is 24.1 Å². The Bertz CT molecular complexity index is 1690. The number of nitriles is 1. The lowest BCUT2D eigenvalue weighted by Crippen LogP contribution is -2.32. The molecule has 0 bridgehead atoms. The van der Waals surface area contributed by atoms with E-state index in [1.807, 2.05) is 0 Å². The van der Waals surface area contributed by atoms with Crippen molar-refractivity contribution in [3.05, 3.63) is 75.7 Å². The molecule has 39 heavy (non-hydrogen) atoms. The average Bonchev–Trinajstić information content (AvgIpc) is 3.24. The minimum absolute atomic E-state index is 0.0193. The number of aryl methyl sites for hydroxylation is 1. The van der Waals surface area contributed by atoms with E-state index in [0.29, 0.717) is 38.9 Å². The van der Waals surface area contributed by atoms with Crippen LogP contribution in [-0.2, 0) is 18.3 Å². The normalized spacial score (nSPS) is 11.8. The molecule has 2 N–H and O–H groups in total. The molecule has 2 aromatic carbocycles. The van der Waals surface area contributed by atoms with Crippen molar-refractivity contribution >= 4 is 28.5 Å². The second-order valence-corrected chi connectivity index (χ2v) is 9.73. The molecule has 2 heterocycles. The molecule has 2 aromatic heterocycles. The zero-order valence-corrected chi connectivity index (χ0v) is 22.1. The van der Waals surface area contributed by atoms with E-state index in [9.17, 15) is 19.2 Å². The quantitative estimate of drug-likeness (QED) is 0.349. The highest BCUT2D eigenvalue weighted by atomic mass is 19.1. The first-order chi connectivity index (χ1) is 18.5. The number of hydrogen-bond acceptors (Lipinski definition) is 7. The van der Waals surface area contributed by atoms with Crippen molar-refractivity contribution in [1.82, 2.24) is 25.3 Å². The van der Waals surface area contributed by atoms with E-state index in [2.05, 4.69) is 26.7 Å². The maximum atomic E-state index is 14.1. The van der Waals surface area contributed by atoms with Crippen LogP contribution >= 0.6 is 0 Å². The minimum Gasteiger partial charge on any atom is -0.497 e. The van der Waals surface area contributed by atoms with Crippen molar-refractivity contribution in [2.24, 2.45) is 7.05 Å². The van der Waals surface area contributed by atoms with Crippen LogP contribution in [0.1, 0.15) is 37.7 Å². The third-order valence-electron chi connectivity index (χ3n) is 5.78. The van der Waals surface area contributed by atoms with E-state index in [1.54, 1.807) is 69.0 Å². The van der Waals surface area contributed by atoms with Gasteiger partial charge in [0.15, 0.2) is 0 Å². The number of carbonyl (C=O) groups excluding carboxylic acids is 1. The number of amides is 1. The van der Waals surface area contributed by atoms with Crippen LogP contribution in [0, 0.1) is 17.1 Å². The van der Waals surface area contributed by atoms with Gasteiger partial charge in [-0.05, 0) is 62.2 Å². The Morgan fingerprint density at radius 1 is 1.23 bits per heavy atom. The number of alkyl carbamates (subject to hydrolysis) is 1. The van der Waals surface area contributed by atoms with Crippen molar-refractivity contribution in [2.75, 3.05) is 7.11 Å². The lowest BCUT2D eigenvalue weighted by molar-refractivity contribution is 0.0523. The highest BCUT2D eigenvalue weighted by molar-refractivity contribution is 5.94. The summed E-state index contributed by atoms with van der Waals surface area (Å²) in [5.74, 6) is -0.244. The van der Waals surface area contributed by atoms with Gasteiger partial charge in [0.1, 0.15) is 17.2 Å². The molecule has 0 unspecified atom stereocenters. The van der Waals surface area contributed by atoms with Crippen LogP contribution in [0.15, 0.2) is 47.4 Å². The molecule has 0 spiro atoms. The molecule has 0 radical (unpaired) electrons. The van der Waals surface area contributed by atoms with Gasteiger partial charge in [-0.15, -0.1) is 0 Å². The van der Waals surface area contributed by atoms with Crippen LogP contribution in [0.3, 0.4) is 0 Å². The Labute approximate surface area is 223 Å². The maximum absolute atomic E-state index is 14.1. The van der Waals surface area contributed by atoms with Crippen LogP contribution < -0.4 is 15.6 Å². The SMILES string of the molecule is COc1cc(F)cc(/C(C#N)=C/c2c(-c3ccc4c(=O)[nH]nc(CNC(=O)OC(C)(C)C)c4c3)cnn2C)c1. The molecular weight excluding hydrogens is 503 g/mol. The van der Waals surface area contributed by atoms with Crippen LogP contribution in [0.4, 0.5) is 9.18 Å². The summed E-state index contributed by atoms with van der Waals surface area (Å²) in [5, 5.41) is 24.4. The van der Waals surface area contributed by atoms with Gasteiger partial charge in [0.2, 0.25) is 0 Å². The second kappa shape index (κ2) is 10.8. The highest BCUT2D eigenvalue weighted by Gasteiger charge is 2.18. The number of halogens is 1. The molecule has 0 saturated heterocycles. The van der Waals surface area contributed by atoms with Gasteiger partial charge in [0.05, 0.1) is 48.3 Å². The number of allylic oxidation sites excluding steroid dienone is 1. The number of aromatic amines is 1. The molecule has 0 aliphatic heterocycles. The molecule has 200 valence electrons. The molecule has 10 nitrogen and oxygen atoms in total. The molecule has 11 heteroatoms.